The Morgan fingerprint density at radius 3 is 2.33 bits per heavy atom. The summed E-state index contributed by atoms with van der Waals surface area (Å²) < 4.78 is 5.53. The van der Waals surface area contributed by atoms with Gasteiger partial charge in [-0.15, -0.1) is 0 Å². The van der Waals surface area contributed by atoms with Gasteiger partial charge in [0.05, 0.1) is 6.10 Å². The largest absolute Gasteiger partial charge is 0.379 e. The van der Waals surface area contributed by atoms with Crippen LogP contribution in [-0.4, -0.2) is 36.0 Å². The molecular formula is C24H31ClN2O3. The molecule has 0 unspecified atom stereocenters. The zero-order chi connectivity index (χ0) is 21.9. The van der Waals surface area contributed by atoms with E-state index in [9.17, 15) is 9.59 Å². The van der Waals surface area contributed by atoms with Gasteiger partial charge in [0.1, 0.15) is 6.04 Å². The van der Waals surface area contributed by atoms with Gasteiger partial charge in [0, 0.05) is 31.1 Å². The zero-order valence-electron chi connectivity index (χ0n) is 17.9. The minimum Gasteiger partial charge on any atom is -0.379 e. The molecule has 2 rings (SSSR count). The van der Waals surface area contributed by atoms with Crippen LogP contribution in [0.25, 0.3) is 0 Å². The Bertz CT molecular complexity index is 794. The number of amides is 2. The van der Waals surface area contributed by atoms with Crippen LogP contribution in [0.5, 0.6) is 0 Å². The maximum atomic E-state index is 13.2. The summed E-state index contributed by atoms with van der Waals surface area (Å²) in [6, 6.07) is 16.0. The third kappa shape index (κ3) is 7.47. The summed E-state index contributed by atoms with van der Waals surface area (Å²) in [5, 5.41) is 3.61. The molecule has 2 amide bonds. The molecule has 0 aliphatic rings. The normalized spacial score (nSPS) is 11.9. The fourth-order valence-electron chi connectivity index (χ4n) is 3.12. The van der Waals surface area contributed by atoms with Gasteiger partial charge in [-0.25, -0.2) is 0 Å². The molecule has 2 aromatic rings. The van der Waals surface area contributed by atoms with E-state index < -0.39 is 6.04 Å². The summed E-state index contributed by atoms with van der Waals surface area (Å²) in [7, 11) is 0. The molecule has 6 heteroatoms. The first-order valence-electron chi connectivity index (χ1n) is 10.4. The highest BCUT2D eigenvalue weighted by atomic mass is 35.5. The molecule has 0 spiro atoms. The van der Waals surface area contributed by atoms with Gasteiger partial charge in [-0.2, -0.15) is 0 Å². The van der Waals surface area contributed by atoms with E-state index in [4.69, 9.17) is 16.3 Å². The van der Waals surface area contributed by atoms with Gasteiger partial charge in [-0.05, 0) is 43.5 Å². The van der Waals surface area contributed by atoms with Crippen molar-refractivity contribution in [3.05, 3.63) is 70.7 Å². The van der Waals surface area contributed by atoms with E-state index >= 15 is 0 Å². The van der Waals surface area contributed by atoms with Crippen molar-refractivity contribution in [2.75, 3.05) is 13.2 Å². The number of rotatable bonds is 11. The van der Waals surface area contributed by atoms with E-state index in [1.807, 2.05) is 56.3 Å². The van der Waals surface area contributed by atoms with E-state index in [0.717, 1.165) is 11.1 Å². The summed E-state index contributed by atoms with van der Waals surface area (Å²) in [4.78, 5) is 27.7. The maximum absolute atomic E-state index is 13.2. The molecule has 2 aromatic carbocycles. The van der Waals surface area contributed by atoms with Crippen molar-refractivity contribution in [3.8, 4) is 0 Å². The Morgan fingerprint density at radius 2 is 1.73 bits per heavy atom. The Labute approximate surface area is 184 Å². The van der Waals surface area contributed by atoms with E-state index in [2.05, 4.69) is 5.32 Å². The Morgan fingerprint density at radius 1 is 1.07 bits per heavy atom. The predicted molar refractivity (Wildman–Crippen MR) is 120 cm³/mol. The molecule has 0 saturated heterocycles. The molecule has 0 aliphatic heterocycles. The van der Waals surface area contributed by atoms with Crippen molar-refractivity contribution in [1.29, 1.82) is 0 Å². The third-order valence-electron chi connectivity index (χ3n) is 4.64. The first-order chi connectivity index (χ1) is 14.4. The van der Waals surface area contributed by atoms with Gasteiger partial charge in [0.15, 0.2) is 0 Å². The van der Waals surface area contributed by atoms with Crippen molar-refractivity contribution in [2.45, 2.75) is 52.3 Å². The molecule has 0 aromatic heterocycles. The molecule has 30 heavy (non-hydrogen) atoms. The monoisotopic (exact) mass is 430 g/mol. The number of nitrogens with zero attached hydrogens (tertiary/aromatic N) is 1. The average Bonchev–Trinajstić information content (AvgIpc) is 2.74. The lowest BCUT2D eigenvalue weighted by Gasteiger charge is -2.31. The number of hydrogen-bond acceptors (Lipinski definition) is 3. The van der Waals surface area contributed by atoms with E-state index in [0.29, 0.717) is 37.6 Å². The lowest BCUT2D eigenvalue weighted by Crippen LogP contribution is -2.43. The Kier molecular flexibility index (Phi) is 9.84. The van der Waals surface area contributed by atoms with E-state index in [1.54, 1.807) is 24.0 Å². The zero-order valence-corrected chi connectivity index (χ0v) is 18.7. The smallest absolute Gasteiger partial charge is 0.247 e. The van der Waals surface area contributed by atoms with Crippen LogP contribution in [0, 0.1) is 0 Å². The average molecular weight is 431 g/mol. The molecule has 0 fully saturated rings. The molecule has 0 bridgehead atoms. The second-order valence-corrected chi connectivity index (χ2v) is 7.82. The Balaban J connectivity index is 2.22. The number of halogens is 1. The standard InChI is InChI=1S/C24H31ClN2O3/c1-4-22(28)27(17-19-11-13-21(25)14-12-19)23(20-9-6-5-7-10-20)24(29)26-15-8-16-30-18(2)3/h5-7,9-14,18,23H,4,8,15-17H2,1-3H3,(H,26,29)/t23-/m0/s1. The number of carbonyl (C=O) groups excluding carboxylic acids is 2. The van der Waals surface area contributed by atoms with Crippen LogP contribution in [0.2, 0.25) is 5.02 Å². The van der Waals surface area contributed by atoms with Crippen LogP contribution in [0.15, 0.2) is 54.6 Å². The number of carbonyl (C=O) groups is 2. The number of ether oxygens (including phenoxy) is 1. The first kappa shape index (κ1) is 23.9. The number of nitrogens with one attached hydrogen (secondary N) is 1. The predicted octanol–water partition coefficient (Wildman–Crippen LogP) is 4.75. The minimum atomic E-state index is -0.708. The SMILES string of the molecule is CCC(=O)N(Cc1ccc(Cl)cc1)[C@H](C(=O)NCCCOC(C)C)c1ccccc1. The number of hydrogen-bond donors (Lipinski definition) is 1. The quantitative estimate of drug-likeness (QED) is 0.523. The van der Waals surface area contributed by atoms with Gasteiger partial charge in [-0.1, -0.05) is 61.0 Å². The van der Waals surface area contributed by atoms with Crippen molar-refractivity contribution < 1.29 is 14.3 Å². The van der Waals surface area contributed by atoms with Crippen molar-refractivity contribution in [2.24, 2.45) is 0 Å². The van der Waals surface area contributed by atoms with Crippen LogP contribution < -0.4 is 5.32 Å². The molecule has 162 valence electrons. The summed E-state index contributed by atoms with van der Waals surface area (Å²) in [6.07, 6.45) is 1.19. The lowest BCUT2D eigenvalue weighted by molar-refractivity contribution is -0.141. The van der Waals surface area contributed by atoms with Crippen molar-refractivity contribution >= 4 is 23.4 Å². The van der Waals surface area contributed by atoms with Gasteiger partial charge >= 0.3 is 0 Å². The van der Waals surface area contributed by atoms with Gasteiger partial charge < -0.3 is 15.0 Å². The van der Waals surface area contributed by atoms with Crippen molar-refractivity contribution in [1.82, 2.24) is 10.2 Å². The molecule has 1 atom stereocenters. The molecule has 1 N–H and O–H groups in total. The summed E-state index contributed by atoms with van der Waals surface area (Å²) in [5.41, 5.74) is 1.70. The van der Waals surface area contributed by atoms with E-state index in [1.165, 1.54) is 0 Å². The van der Waals surface area contributed by atoms with Crippen LogP contribution >= 0.6 is 11.6 Å². The lowest BCUT2D eigenvalue weighted by atomic mass is 10.0. The highest BCUT2D eigenvalue weighted by Gasteiger charge is 2.30. The molecule has 5 nitrogen and oxygen atoms in total. The topological polar surface area (TPSA) is 58.6 Å². The van der Waals surface area contributed by atoms with Crippen LogP contribution in [-0.2, 0) is 20.9 Å². The van der Waals surface area contributed by atoms with Crippen molar-refractivity contribution in [3.63, 3.8) is 0 Å². The summed E-state index contributed by atoms with van der Waals surface area (Å²) >= 11 is 5.99. The second kappa shape index (κ2) is 12.4. The second-order valence-electron chi connectivity index (χ2n) is 7.38. The number of benzene rings is 2. The molecule has 0 radical (unpaired) electrons. The Hall–Kier alpha value is -2.37. The molecule has 0 saturated carbocycles. The van der Waals surface area contributed by atoms with E-state index in [-0.39, 0.29) is 17.9 Å². The minimum absolute atomic E-state index is 0.0860. The highest BCUT2D eigenvalue weighted by molar-refractivity contribution is 6.30. The highest BCUT2D eigenvalue weighted by Crippen LogP contribution is 2.25. The summed E-state index contributed by atoms with van der Waals surface area (Å²) in [6.45, 7) is 7.16. The fourth-order valence-corrected chi connectivity index (χ4v) is 3.25. The molecular weight excluding hydrogens is 400 g/mol. The van der Waals surface area contributed by atoms with Gasteiger partial charge in [-0.3, -0.25) is 9.59 Å². The third-order valence-corrected chi connectivity index (χ3v) is 4.89. The maximum Gasteiger partial charge on any atom is 0.247 e. The van der Waals surface area contributed by atoms with Gasteiger partial charge in [0.2, 0.25) is 11.8 Å². The summed E-state index contributed by atoms with van der Waals surface area (Å²) in [5.74, 6) is -0.279. The van der Waals surface area contributed by atoms with Crippen LogP contribution in [0.3, 0.4) is 0 Å². The molecule has 0 aliphatic carbocycles. The first-order valence-corrected chi connectivity index (χ1v) is 10.8. The molecule has 0 heterocycles. The van der Waals surface area contributed by atoms with Crippen LogP contribution in [0.1, 0.15) is 50.8 Å². The van der Waals surface area contributed by atoms with Crippen LogP contribution in [0.4, 0.5) is 0 Å². The fraction of sp³-hybridized carbons (Fsp3) is 0.417. The van der Waals surface area contributed by atoms with Gasteiger partial charge in [0.25, 0.3) is 0 Å².